The van der Waals surface area contributed by atoms with E-state index in [0.717, 1.165) is 24.1 Å². The molecule has 0 bridgehead atoms. The molecule has 5 heteroatoms. The molecule has 0 amide bonds. The fourth-order valence-corrected chi connectivity index (χ4v) is 2.17. The Morgan fingerprint density at radius 1 is 1.39 bits per heavy atom. The van der Waals surface area contributed by atoms with Gasteiger partial charge < -0.3 is 4.74 Å². The van der Waals surface area contributed by atoms with Crippen LogP contribution in [0.4, 0.5) is 4.39 Å². The summed E-state index contributed by atoms with van der Waals surface area (Å²) in [5.41, 5.74) is 2.60. The van der Waals surface area contributed by atoms with Gasteiger partial charge in [0.2, 0.25) is 5.88 Å². The van der Waals surface area contributed by atoms with Crippen LogP contribution in [-0.4, -0.2) is 21.9 Å². The zero-order valence-corrected chi connectivity index (χ0v) is 10.4. The molecule has 0 saturated heterocycles. The van der Waals surface area contributed by atoms with Crippen molar-refractivity contribution in [1.29, 1.82) is 0 Å². The highest BCUT2D eigenvalue weighted by Crippen LogP contribution is 2.42. The monoisotopic (exact) mass is 247 g/mol. The van der Waals surface area contributed by atoms with E-state index in [1.165, 1.54) is 13.3 Å². The molecule has 2 aromatic heterocycles. The molecule has 0 N–H and O–H groups in total. The van der Waals surface area contributed by atoms with Gasteiger partial charge in [-0.2, -0.15) is 5.10 Å². The van der Waals surface area contributed by atoms with Gasteiger partial charge in [-0.3, -0.25) is 0 Å². The van der Waals surface area contributed by atoms with Gasteiger partial charge in [-0.25, -0.2) is 14.1 Å². The number of hydrogen-bond acceptors (Lipinski definition) is 3. The number of pyridine rings is 1. The van der Waals surface area contributed by atoms with E-state index in [4.69, 9.17) is 4.74 Å². The van der Waals surface area contributed by atoms with Gasteiger partial charge in [0.25, 0.3) is 0 Å². The largest absolute Gasteiger partial charge is 0.481 e. The van der Waals surface area contributed by atoms with Crippen molar-refractivity contribution in [3.8, 4) is 11.6 Å². The first-order chi connectivity index (χ1) is 8.70. The van der Waals surface area contributed by atoms with Crippen molar-refractivity contribution in [3.05, 3.63) is 35.5 Å². The lowest BCUT2D eigenvalue weighted by molar-refractivity contribution is 0.395. The lowest BCUT2D eigenvalue weighted by atomic mass is 10.2. The van der Waals surface area contributed by atoms with Crippen molar-refractivity contribution in [2.24, 2.45) is 0 Å². The van der Waals surface area contributed by atoms with Crippen LogP contribution in [-0.2, 0) is 0 Å². The van der Waals surface area contributed by atoms with Gasteiger partial charge in [0.05, 0.1) is 25.2 Å². The van der Waals surface area contributed by atoms with Gasteiger partial charge in [0, 0.05) is 12.0 Å². The first-order valence-electron chi connectivity index (χ1n) is 5.95. The van der Waals surface area contributed by atoms with Crippen LogP contribution in [0.1, 0.15) is 30.0 Å². The average Bonchev–Trinajstić information content (AvgIpc) is 3.14. The van der Waals surface area contributed by atoms with E-state index < -0.39 is 0 Å². The van der Waals surface area contributed by atoms with Crippen LogP contribution < -0.4 is 4.74 Å². The molecule has 2 heterocycles. The van der Waals surface area contributed by atoms with Crippen LogP contribution in [0.25, 0.3) is 5.69 Å². The lowest BCUT2D eigenvalue weighted by Gasteiger charge is -2.09. The van der Waals surface area contributed by atoms with Crippen molar-refractivity contribution in [2.75, 3.05) is 7.11 Å². The molecule has 1 saturated carbocycles. The lowest BCUT2D eigenvalue weighted by Crippen LogP contribution is -2.05. The zero-order valence-electron chi connectivity index (χ0n) is 10.4. The summed E-state index contributed by atoms with van der Waals surface area (Å²) in [6.45, 7) is 2.01. The molecule has 0 spiro atoms. The third-order valence-corrected chi connectivity index (χ3v) is 3.21. The molecule has 2 aromatic rings. The summed E-state index contributed by atoms with van der Waals surface area (Å²) in [7, 11) is 1.51. The van der Waals surface area contributed by atoms with E-state index in [2.05, 4.69) is 10.1 Å². The summed E-state index contributed by atoms with van der Waals surface area (Å²) < 4.78 is 20.6. The Bertz CT molecular complexity index is 590. The molecule has 1 aliphatic rings. The SMILES string of the molecule is COc1cc(-n2ncc(C)c2C2CC2)c(F)cn1. The molecule has 1 aliphatic carbocycles. The highest BCUT2D eigenvalue weighted by molar-refractivity contribution is 5.40. The standard InChI is InChI=1S/C13H14FN3O/c1-8-6-16-17(13(8)9-3-4-9)11-5-12(18-2)15-7-10(11)14/h5-7,9H,3-4H2,1-2H3. The minimum absolute atomic E-state index is 0.388. The van der Waals surface area contributed by atoms with Crippen LogP contribution in [0.3, 0.4) is 0 Å². The van der Waals surface area contributed by atoms with Crippen LogP contribution in [0.2, 0.25) is 0 Å². The normalized spacial score (nSPS) is 14.8. The van der Waals surface area contributed by atoms with Crippen LogP contribution in [0.15, 0.2) is 18.5 Å². The average molecular weight is 247 g/mol. The zero-order chi connectivity index (χ0) is 12.7. The highest BCUT2D eigenvalue weighted by atomic mass is 19.1. The van der Waals surface area contributed by atoms with Crippen molar-refractivity contribution >= 4 is 0 Å². The molecule has 1 fully saturated rings. The Kier molecular flexibility index (Phi) is 2.54. The van der Waals surface area contributed by atoms with E-state index in [1.54, 1.807) is 16.9 Å². The molecule has 0 aliphatic heterocycles. The van der Waals surface area contributed by atoms with Gasteiger partial charge in [-0.15, -0.1) is 0 Å². The molecule has 18 heavy (non-hydrogen) atoms. The predicted octanol–water partition coefficient (Wildman–Crippen LogP) is 2.60. The predicted molar refractivity (Wildman–Crippen MR) is 64.6 cm³/mol. The Balaban J connectivity index is 2.14. The van der Waals surface area contributed by atoms with E-state index >= 15 is 0 Å². The Labute approximate surface area is 104 Å². The number of ether oxygens (including phenoxy) is 1. The summed E-state index contributed by atoms with van der Waals surface area (Å²) in [6, 6.07) is 1.58. The minimum atomic E-state index is -0.388. The first-order valence-corrected chi connectivity index (χ1v) is 5.95. The summed E-state index contributed by atoms with van der Waals surface area (Å²) in [5, 5.41) is 4.28. The van der Waals surface area contributed by atoms with Gasteiger partial charge in [0.1, 0.15) is 5.69 Å². The fourth-order valence-electron chi connectivity index (χ4n) is 2.17. The van der Waals surface area contributed by atoms with Crippen molar-refractivity contribution in [2.45, 2.75) is 25.7 Å². The number of aryl methyl sites for hydroxylation is 1. The fraction of sp³-hybridized carbons (Fsp3) is 0.385. The summed E-state index contributed by atoms with van der Waals surface area (Å²) in [6.07, 6.45) is 5.24. The number of methoxy groups -OCH3 is 1. The Morgan fingerprint density at radius 3 is 2.83 bits per heavy atom. The number of rotatable bonds is 3. The molecule has 0 atom stereocenters. The van der Waals surface area contributed by atoms with Crippen LogP contribution in [0.5, 0.6) is 5.88 Å². The quantitative estimate of drug-likeness (QED) is 0.837. The smallest absolute Gasteiger partial charge is 0.215 e. The molecule has 4 nitrogen and oxygen atoms in total. The second-order valence-corrected chi connectivity index (χ2v) is 4.58. The molecular weight excluding hydrogens is 233 g/mol. The topological polar surface area (TPSA) is 39.9 Å². The van der Waals surface area contributed by atoms with Crippen LogP contribution >= 0.6 is 0 Å². The maximum absolute atomic E-state index is 13.9. The molecular formula is C13H14FN3O. The molecule has 0 unspecified atom stereocenters. The van der Waals surface area contributed by atoms with Crippen molar-refractivity contribution < 1.29 is 9.13 Å². The maximum Gasteiger partial charge on any atom is 0.215 e. The van der Waals surface area contributed by atoms with E-state index in [9.17, 15) is 4.39 Å². The number of nitrogens with zero attached hydrogens (tertiary/aromatic N) is 3. The van der Waals surface area contributed by atoms with Crippen LogP contribution in [0, 0.1) is 12.7 Å². The maximum atomic E-state index is 13.9. The summed E-state index contributed by atoms with van der Waals surface area (Å²) in [5.74, 6) is 0.508. The van der Waals surface area contributed by atoms with Gasteiger partial charge in [0.15, 0.2) is 5.82 Å². The molecule has 0 radical (unpaired) electrons. The number of hydrogen-bond donors (Lipinski definition) is 0. The number of halogens is 1. The number of aromatic nitrogens is 3. The second-order valence-electron chi connectivity index (χ2n) is 4.58. The minimum Gasteiger partial charge on any atom is -0.481 e. The summed E-state index contributed by atoms with van der Waals surface area (Å²) in [4.78, 5) is 3.84. The third kappa shape index (κ3) is 1.75. The third-order valence-electron chi connectivity index (χ3n) is 3.21. The summed E-state index contributed by atoms with van der Waals surface area (Å²) >= 11 is 0. The highest BCUT2D eigenvalue weighted by Gasteiger charge is 2.30. The van der Waals surface area contributed by atoms with E-state index in [-0.39, 0.29) is 5.82 Å². The Morgan fingerprint density at radius 2 is 2.17 bits per heavy atom. The van der Waals surface area contributed by atoms with Gasteiger partial charge in [-0.05, 0) is 25.3 Å². The van der Waals surface area contributed by atoms with E-state index in [1.807, 2.05) is 6.92 Å². The van der Waals surface area contributed by atoms with Gasteiger partial charge >= 0.3 is 0 Å². The van der Waals surface area contributed by atoms with Crippen molar-refractivity contribution in [1.82, 2.24) is 14.8 Å². The second kappa shape index (κ2) is 4.08. The van der Waals surface area contributed by atoms with Crippen molar-refractivity contribution in [3.63, 3.8) is 0 Å². The molecule has 3 rings (SSSR count). The molecule has 94 valence electrons. The van der Waals surface area contributed by atoms with Gasteiger partial charge in [-0.1, -0.05) is 0 Å². The first kappa shape index (κ1) is 11.2. The Hall–Kier alpha value is -1.91. The molecule has 0 aromatic carbocycles. The van der Waals surface area contributed by atoms with E-state index in [0.29, 0.717) is 17.5 Å².